The number of benzene rings is 1. The Balaban J connectivity index is 1.32. The third kappa shape index (κ3) is 4.71. The second-order valence-corrected chi connectivity index (χ2v) is 10.7. The second-order valence-electron chi connectivity index (χ2n) is 10.7. The Labute approximate surface area is 198 Å². The quantitative estimate of drug-likeness (QED) is 0.694. The van der Waals surface area contributed by atoms with Crippen LogP contribution in [0.1, 0.15) is 81.3 Å². The average molecular weight is 451 g/mol. The molecule has 2 heterocycles. The summed E-state index contributed by atoms with van der Waals surface area (Å²) in [5.74, 6) is 7.07. The van der Waals surface area contributed by atoms with E-state index in [4.69, 9.17) is 0 Å². The molecule has 0 radical (unpaired) electrons. The van der Waals surface area contributed by atoms with Crippen LogP contribution >= 0.6 is 0 Å². The molecule has 5 nitrogen and oxygen atoms in total. The zero-order valence-corrected chi connectivity index (χ0v) is 19.7. The van der Waals surface area contributed by atoms with Gasteiger partial charge >= 0.3 is 0 Å². The molecule has 2 saturated heterocycles. The van der Waals surface area contributed by atoms with Gasteiger partial charge in [0.25, 0.3) is 0 Å². The third-order valence-corrected chi connectivity index (χ3v) is 8.55. The normalized spacial score (nSPS) is 30.0. The van der Waals surface area contributed by atoms with Gasteiger partial charge in [0, 0.05) is 42.6 Å². The van der Waals surface area contributed by atoms with Gasteiger partial charge in [0.1, 0.15) is 5.60 Å². The van der Waals surface area contributed by atoms with E-state index in [-0.39, 0.29) is 30.5 Å². The summed E-state index contributed by atoms with van der Waals surface area (Å²) in [6, 6.07) is 8.74. The van der Waals surface area contributed by atoms with Crippen LogP contribution in [0, 0.1) is 17.8 Å². The van der Waals surface area contributed by atoms with Gasteiger partial charge in [0.05, 0.1) is 6.61 Å². The zero-order valence-electron chi connectivity index (χ0n) is 19.7. The third-order valence-electron chi connectivity index (χ3n) is 8.55. The van der Waals surface area contributed by atoms with Crippen molar-refractivity contribution in [3.8, 4) is 11.8 Å². The molecule has 4 aliphatic rings. The number of aliphatic hydroxyl groups is 2. The van der Waals surface area contributed by atoms with Gasteiger partial charge < -0.3 is 15.1 Å². The molecule has 5 rings (SSSR count). The molecule has 5 heteroatoms. The molecule has 1 amide bonds. The molecular formula is C28H38N2O3. The van der Waals surface area contributed by atoms with E-state index in [2.05, 4.69) is 33.8 Å². The largest absolute Gasteiger partial charge is 0.395 e. The monoisotopic (exact) mass is 450 g/mol. The lowest BCUT2D eigenvalue weighted by atomic mass is 9.74. The van der Waals surface area contributed by atoms with Crippen molar-refractivity contribution in [2.45, 2.75) is 87.8 Å². The van der Waals surface area contributed by atoms with Crippen LogP contribution in [0.2, 0.25) is 0 Å². The highest BCUT2D eigenvalue weighted by Gasteiger charge is 2.49. The van der Waals surface area contributed by atoms with Gasteiger partial charge in [-0.25, -0.2) is 0 Å². The zero-order chi connectivity index (χ0) is 22.8. The molecule has 3 atom stereocenters. The number of fused-ring (bicyclic) bond motifs is 1. The van der Waals surface area contributed by atoms with E-state index in [0.717, 1.165) is 76.6 Å². The predicted molar refractivity (Wildman–Crippen MR) is 129 cm³/mol. The Kier molecular flexibility index (Phi) is 6.79. The first-order valence-corrected chi connectivity index (χ1v) is 13.1. The Morgan fingerprint density at radius 1 is 1.00 bits per heavy atom. The molecule has 0 unspecified atom stereocenters. The number of carbonyl (C=O) groups is 1. The fraction of sp³-hybridized carbons (Fsp3) is 0.679. The van der Waals surface area contributed by atoms with E-state index in [0.29, 0.717) is 5.91 Å². The van der Waals surface area contributed by atoms with Crippen molar-refractivity contribution in [2.24, 2.45) is 5.92 Å². The molecule has 0 spiro atoms. The van der Waals surface area contributed by atoms with E-state index >= 15 is 0 Å². The van der Waals surface area contributed by atoms with E-state index in [1.165, 1.54) is 18.4 Å². The maximum absolute atomic E-state index is 13.2. The topological polar surface area (TPSA) is 64.0 Å². The van der Waals surface area contributed by atoms with Crippen molar-refractivity contribution in [2.75, 3.05) is 26.2 Å². The number of carbonyl (C=O) groups excluding carboxylic acids is 1. The Bertz CT molecular complexity index is 890. The highest BCUT2D eigenvalue weighted by molar-refractivity contribution is 5.79. The molecule has 33 heavy (non-hydrogen) atoms. The predicted octanol–water partition coefficient (Wildman–Crippen LogP) is 3.28. The molecule has 4 fully saturated rings. The SMILES string of the molecule is O=C(C1CCCC1)N1CCCCN2[C@H](C1)[C@@H](c1ccc(C#CC3(O)CCCC3)cc1)[C@@H]2CO. The van der Waals surface area contributed by atoms with Crippen molar-refractivity contribution in [1.82, 2.24) is 9.80 Å². The van der Waals surface area contributed by atoms with Gasteiger partial charge in [0.2, 0.25) is 5.91 Å². The highest BCUT2D eigenvalue weighted by atomic mass is 16.3. The van der Waals surface area contributed by atoms with Gasteiger partial charge in [-0.1, -0.05) is 36.8 Å². The van der Waals surface area contributed by atoms with Crippen molar-refractivity contribution in [3.63, 3.8) is 0 Å². The first-order valence-electron chi connectivity index (χ1n) is 13.1. The lowest BCUT2D eigenvalue weighted by Gasteiger charge is -2.57. The minimum atomic E-state index is -0.816. The molecule has 2 saturated carbocycles. The van der Waals surface area contributed by atoms with Gasteiger partial charge in [-0.05, 0) is 75.6 Å². The lowest BCUT2D eigenvalue weighted by molar-refractivity contribution is -0.140. The molecular weight excluding hydrogens is 412 g/mol. The Morgan fingerprint density at radius 3 is 2.39 bits per heavy atom. The molecule has 2 aliphatic carbocycles. The summed E-state index contributed by atoms with van der Waals surface area (Å²) in [4.78, 5) is 17.8. The van der Waals surface area contributed by atoms with Crippen LogP contribution in [0.15, 0.2) is 24.3 Å². The minimum Gasteiger partial charge on any atom is -0.395 e. The summed E-state index contributed by atoms with van der Waals surface area (Å²) in [6.45, 7) is 2.78. The molecule has 0 bridgehead atoms. The number of hydrogen-bond acceptors (Lipinski definition) is 4. The van der Waals surface area contributed by atoms with Crippen LogP contribution in [-0.2, 0) is 4.79 Å². The van der Waals surface area contributed by atoms with Crippen LogP contribution < -0.4 is 0 Å². The number of amides is 1. The van der Waals surface area contributed by atoms with Crippen molar-refractivity contribution in [1.29, 1.82) is 0 Å². The van der Waals surface area contributed by atoms with Crippen LogP contribution in [0.5, 0.6) is 0 Å². The minimum absolute atomic E-state index is 0.118. The van der Waals surface area contributed by atoms with Crippen molar-refractivity contribution in [3.05, 3.63) is 35.4 Å². The summed E-state index contributed by atoms with van der Waals surface area (Å²) < 4.78 is 0. The first-order chi connectivity index (χ1) is 16.1. The Morgan fingerprint density at radius 2 is 1.70 bits per heavy atom. The van der Waals surface area contributed by atoms with Crippen molar-refractivity contribution >= 4 is 5.91 Å². The first kappa shape index (κ1) is 22.9. The number of hydrogen-bond donors (Lipinski definition) is 2. The summed E-state index contributed by atoms with van der Waals surface area (Å²) in [5, 5.41) is 20.7. The molecule has 1 aromatic carbocycles. The Hall–Kier alpha value is -1.87. The van der Waals surface area contributed by atoms with Crippen LogP contribution in [0.25, 0.3) is 0 Å². The van der Waals surface area contributed by atoms with Crippen LogP contribution in [-0.4, -0.2) is 69.8 Å². The number of nitrogens with zero attached hydrogens (tertiary/aromatic N) is 2. The van der Waals surface area contributed by atoms with E-state index in [9.17, 15) is 15.0 Å². The molecule has 1 aromatic rings. The highest BCUT2D eigenvalue weighted by Crippen LogP contribution is 2.42. The number of aliphatic hydroxyl groups excluding tert-OH is 1. The molecule has 178 valence electrons. The fourth-order valence-electron chi connectivity index (χ4n) is 6.63. The molecule has 2 N–H and O–H groups in total. The fourth-order valence-corrected chi connectivity index (χ4v) is 6.63. The molecule has 2 aliphatic heterocycles. The van der Waals surface area contributed by atoms with E-state index in [1.54, 1.807) is 0 Å². The van der Waals surface area contributed by atoms with E-state index in [1.807, 2.05) is 12.1 Å². The number of rotatable bonds is 3. The van der Waals surface area contributed by atoms with Gasteiger partial charge in [-0.3, -0.25) is 9.69 Å². The maximum Gasteiger partial charge on any atom is 0.225 e. The smallest absolute Gasteiger partial charge is 0.225 e. The lowest BCUT2D eigenvalue weighted by Crippen LogP contribution is -2.68. The summed E-state index contributed by atoms with van der Waals surface area (Å²) in [6.07, 6.45) is 10.2. The molecule has 0 aromatic heterocycles. The van der Waals surface area contributed by atoms with Gasteiger partial charge in [-0.15, -0.1) is 0 Å². The van der Waals surface area contributed by atoms with Crippen molar-refractivity contribution < 1.29 is 15.0 Å². The average Bonchev–Trinajstić information content (AvgIpc) is 3.50. The summed E-state index contributed by atoms with van der Waals surface area (Å²) in [5.41, 5.74) is 1.32. The van der Waals surface area contributed by atoms with Crippen LogP contribution in [0.4, 0.5) is 0 Å². The van der Waals surface area contributed by atoms with Gasteiger partial charge in [-0.2, -0.15) is 0 Å². The summed E-state index contributed by atoms with van der Waals surface area (Å²) in [7, 11) is 0. The maximum atomic E-state index is 13.2. The second kappa shape index (κ2) is 9.78. The standard InChI is InChI=1S/C28H38N2O3/c31-20-25-26(22-11-9-21(10-12-22)13-16-28(33)14-3-4-15-28)24-19-29(17-5-6-18-30(24)25)27(32)23-7-1-2-8-23/h9-12,23-26,31,33H,1-8,14-15,17-20H2/t24-,25+,26-/m1/s1. The summed E-state index contributed by atoms with van der Waals surface area (Å²) >= 11 is 0. The van der Waals surface area contributed by atoms with E-state index < -0.39 is 5.60 Å². The van der Waals surface area contributed by atoms with Gasteiger partial charge in [0.15, 0.2) is 0 Å². The van der Waals surface area contributed by atoms with Crippen LogP contribution in [0.3, 0.4) is 0 Å².